The third-order valence-electron chi connectivity index (χ3n) is 5.85. The van der Waals surface area contributed by atoms with Gasteiger partial charge >= 0.3 is 6.18 Å². The smallest absolute Gasteiger partial charge is 0.395 e. The van der Waals surface area contributed by atoms with E-state index >= 15 is 0 Å². The maximum Gasteiger partial charge on any atom is 0.416 e. The van der Waals surface area contributed by atoms with Crippen molar-refractivity contribution in [3.63, 3.8) is 0 Å². The van der Waals surface area contributed by atoms with E-state index < -0.39 is 11.7 Å². The number of benzene rings is 1. The Labute approximate surface area is 162 Å². The Balaban J connectivity index is 1.54. The van der Waals surface area contributed by atoms with Gasteiger partial charge in [0.25, 0.3) is 5.91 Å². The Bertz CT molecular complexity index is 675. The van der Waals surface area contributed by atoms with Crippen LogP contribution in [0.15, 0.2) is 24.3 Å². The first-order valence-electron chi connectivity index (χ1n) is 9.77. The molecule has 1 amide bonds. The van der Waals surface area contributed by atoms with Crippen LogP contribution in [0, 0.1) is 5.92 Å². The van der Waals surface area contributed by atoms with Crippen LogP contribution in [0.1, 0.15) is 41.6 Å². The highest BCUT2D eigenvalue weighted by Crippen LogP contribution is 2.30. The molecular formula is C20H27F3N2O3. The number of hydrogen-bond donors (Lipinski definition) is 2. The summed E-state index contributed by atoms with van der Waals surface area (Å²) in [4.78, 5) is 16.4. The first-order chi connectivity index (χ1) is 13.3. The molecule has 0 bridgehead atoms. The number of aliphatic hydroxyl groups is 2. The highest BCUT2D eigenvalue weighted by atomic mass is 19.4. The Kier molecular flexibility index (Phi) is 6.62. The Morgan fingerprint density at radius 3 is 2.50 bits per heavy atom. The van der Waals surface area contributed by atoms with E-state index in [2.05, 4.69) is 4.90 Å². The molecule has 0 radical (unpaired) electrons. The molecule has 2 N–H and O–H groups in total. The van der Waals surface area contributed by atoms with Gasteiger partial charge in [0, 0.05) is 37.8 Å². The number of aliphatic hydroxyl groups excluding tert-OH is 2. The van der Waals surface area contributed by atoms with Crippen molar-refractivity contribution in [1.82, 2.24) is 9.80 Å². The number of hydrogen-bond acceptors (Lipinski definition) is 4. The number of carbonyl (C=O) groups excluding carboxylic acids is 1. The van der Waals surface area contributed by atoms with Gasteiger partial charge in [0.2, 0.25) is 0 Å². The van der Waals surface area contributed by atoms with E-state index in [-0.39, 0.29) is 30.2 Å². The van der Waals surface area contributed by atoms with Crippen molar-refractivity contribution in [2.24, 2.45) is 5.92 Å². The monoisotopic (exact) mass is 400 g/mol. The van der Waals surface area contributed by atoms with E-state index in [1.54, 1.807) is 4.90 Å². The van der Waals surface area contributed by atoms with Gasteiger partial charge in [0.15, 0.2) is 0 Å². The van der Waals surface area contributed by atoms with Crippen molar-refractivity contribution in [3.8, 4) is 0 Å². The lowest BCUT2D eigenvalue weighted by molar-refractivity contribution is -0.137. The molecule has 2 aliphatic rings. The van der Waals surface area contributed by atoms with Gasteiger partial charge < -0.3 is 15.1 Å². The molecule has 2 unspecified atom stereocenters. The number of carbonyl (C=O) groups is 1. The standard InChI is InChI=1S/C20H27F3N2O3/c21-20(22,23)16-3-1-2-15(10-16)19(28)24-7-4-14(5-8-24)12-25-9-6-18(27)11-17(25)13-26/h1-3,10,14,17-18,26-27H,4-9,11-13H2. The zero-order valence-electron chi connectivity index (χ0n) is 15.7. The first kappa shape index (κ1) is 21.1. The van der Waals surface area contributed by atoms with Gasteiger partial charge in [-0.25, -0.2) is 0 Å². The highest BCUT2D eigenvalue weighted by molar-refractivity contribution is 5.94. The molecule has 1 aromatic carbocycles. The van der Waals surface area contributed by atoms with Gasteiger partial charge in [-0.2, -0.15) is 13.2 Å². The second kappa shape index (κ2) is 8.80. The quantitative estimate of drug-likeness (QED) is 0.815. The predicted molar refractivity (Wildman–Crippen MR) is 97.8 cm³/mol. The minimum Gasteiger partial charge on any atom is -0.395 e. The Morgan fingerprint density at radius 1 is 1.14 bits per heavy atom. The molecule has 1 aromatic rings. The SMILES string of the molecule is O=C(c1cccc(C(F)(F)F)c1)N1CCC(CN2CCC(O)CC2CO)CC1. The van der Waals surface area contributed by atoms with Crippen LogP contribution in [0.2, 0.25) is 0 Å². The van der Waals surface area contributed by atoms with Crippen LogP contribution in [0.3, 0.4) is 0 Å². The molecule has 2 atom stereocenters. The van der Waals surface area contributed by atoms with Crippen molar-refractivity contribution in [3.05, 3.63) is 35.4 Å². The summed E-state index contributed by atoms with van der Waals surface area (Å²) < 4.78 is 38.6. The molecular weight excluding hydrogens is 373 g/mol. The molecule has 2 fully saturated rings. The maximum atomic E-state index is 12.9. The molecule has 0 spiro atoms. The van der Waals surface area contributed by atoms with Crippen LogP contribution in [-0.4, -0.2) is 70.9 Å². The first-order valence-corrected chi connectivity index (χ1v) is 9.77. The van der Waals surface area contributed by atoms with Crippen molar-refractivity contribution in [2.45, 2.75) is 44.0 Å². The van der Waals surface area contributed by atoms with Crippen LogP contribution in [0.5, 0.6) is 0 Å². The van der Waals surface area contributed by atoms with Gasteiger partial charge in [-0.1, -0.05) is 6.07 Å². The number of rotatable bonds is 4. The predicted octanol–water partition coefficient (Wildman–Crippen LogP) is 2.38. The van der Waals surface area contributed by atoms with E-state index in [0.717, 1.165) is 38.1 Å². The summed E-state index contributed by atoms with van der Waals surface area (Å²) >= 11 is 0. The topological polar surface area (TPSA) is 64.0 Å². The molecule has 2 saturated heterocycles. The fourth-order valence-corrected chi connectivity index (χ4v) is 4.17. The number of nitrogens with zero attached hydrogens (tertiary/aromatic N) is 2. The summed E-state index contributed by atoms with van der Waals surface area (Å²) in [6.45, 7) is 2.60. The van der Waals surface area contributed by atoms with Gasteiger partial charge in [-0.05, 0) is 49.8 Å². The minimum atomic E-state index is -4.46. The van der Waals surface area contributed by atoms with E-state index in [1.807, 2.05) is 0 Å². The molecule has 28 heavy (non-hydrogen) atoms. The summed E-state index contributed by atoms with van der Waals surface area (Å²) in [7, 11) is 0. The van der Waals surface area contributed by atoms with Crippen LogP contribution in [-0.2, 0) is 6.18 Å². The largest absolute Gasteiger partial charge is 0.416 e. The van der Waals surface area contributed by atoms with Crippen LogP contribution >= 0.6 is 0 Å². The second-order valence-corrected chi connectivity index (χ2v) is 7.82. The van der Waals surface area contributed by atoms with Crippen LogP contribution < -0.4 is 0 Å². The van der Waals surface area contributed by atoms with Crippen LogP contribution in [0.25, 0.3) is 0 Å². The molecule has 0 saturated carbocycles. The highest BCUT2D eigenvalue weighted by Gasteiger charge is 2.33. The molecule has 0 aromatic heterocycles. The van der Waals surface area contributed by atoms with Crippen molar-refractivity contribution < 1.29 is 28.2 Å². The second-order valence-electron chi connectivity index (χ2n) is 7.82. The zero-order chi connectivity index (χ0) is 20.3. The lowest BCUT2D eigenvalue weighted by atomic mass is 9.92. The minimum absolute atomic E-state index is 0.0178. The summed E-state index contributed by atoms with van der Waals surface area (Å²) in [5, 5.41) is 19.3. The molecule has 0 aliphatic carbocycles. The lowest BCUT2D eigenvalue weighted by Gasteiger charge is -2.41. The van der Waals surface area contributed by atoms with E-state index in [0.29, 0.717) is 31.8 Å². The Hall–Kier alpha value is -1.64. The Morgan fingerprint density at radius 2 is 1.86 bits per heavy atom. The molecule has 5 nitrogen and oxygen atoms in total. The maximum absolute atomic E-state index is 12.9. The van der Waals surface area contributed by atoms with E-state index in [9.17, 15) is 28.2 Å². The number of alkyl halides is 3. The summed E-state index contributed by atoms with van der Waals surface area (Å²) in [5.41, 5.74) is -0.741. The average molecular weight is 400 g/mol. The van der Waals surface area contributed by atoms with E-state index in [4.69, 9.17) is 0 Å². The summed E-state index contributed by atoms with van der Waals surface area (Å²) in [6, 6.07) is 4.54. The number of amides is 1. The van der Waals surface area contributed by atoms with Crippen molar-refractivity contribution in [2.75, 3.05) is 32.8 Å². The third kappa shape index (κ3) is 5.04. The number of piperidine rings is 2. The van der Waals surface area contributed by atoms with E-state index in [1.165, 1.54) is 12.1 Å². The fraction of sp³-hybridized carbons (Fsp3) is 0.650. The molecule has 156 valence electrons. The molecule has 3 rings (SSSR count). The molecule has 2 heterocycles. The van der Waals surface area contributed by atoms with Crippen molar-refractivity contribution in [1.29, 1.82) is 0 Å². The fourth-order valence-electron chi connectivity index (χ4n) is 4.17. The lowest BCUT2D eigenvalue weighted by Crippen LogP contribution is -2.49. The van der Waals surface area contributed by atoms with Gasteiger partial charge in [0.1, 0.15) is 0 Å². The van der Waals surface area contributed by atoms with Crippen molar-refractivity contribution >= 4 is 5.91 Å². The van der Waals surface area contributed by atoms with Crippen LogP contribution in [0.4, 0.5) is 13.2 Å². The molecule has 2 aliphatic heterocycles. The van der Waals surface area contributed by atoms with Gasteiger partial charge in [0.05, 0.1) is 18.3 Å². The number of halogens is 3. The average Bonchev–Trinajstić information content (AvgIpc) is 2.69. The zero-order valence-corrected chi connectivity index (χ0v) is 15.7. The van der Waals surface area contributed by atoms with Gasteiger partial charge in [-0.3, -0.25) is 9.69 Å². The van der Waals surface area contributed by atoms with Gasteiger partial charge in [-0.15, -0.1) is 0 Å². The number of likely N-dealkylation sites (tertiary alicyclic amines) is 2. The molecule has 8 heteroatoms. The normalized spacial score (nSPS) is 25.1. The third-order valence-corrected chi connectivity index (χ3v) is 5.85. The summed E-state index contributed by atoms with van der Waals surface area (Å²) in [6.07, 6.45) is -1.99. The summed E-state index contributed by atoms with van der Waals surface area (Å²) in [5.74, 6) is 0.00809.